The van der Waals surface area contributed by atoms with Crippen molar-refractivity contribution in [3.05, 3.63) is 23.5 Å². The van der Waals surface area contributed by atoms with E-state index in [-0.39, 0.29) is 0 Å². The zero-order valence-corrected chi connectivity index (χ0v) is 8.33. The van der Waals surface area contributed by atoms with Gasteiger partial charge in [0.25, 0.3) is 0 Å². The molecule has 0 bridgehead atoms. The monoisotopic (exact) mass is 180 g/mol. The van der Waals surface area contributed by atoms with Gasteiger partial charge in [-0.2, -0.15) is 0 Å². The Balaban J connectivity index is 0.000000396. The molecule has 0 aromatic carbocycles. The number of hydrogen-bond donors (Lipinski definition) is 2. The molecule has 1 aromatic rings. The molecule has 1 aromatic heterocycles. The molecule has 0 radical (unpaired) electrons. The van der Waals surface area contributed by atoms with Crippen molar-refractivity contribution in [3.63, 3.8) is 0 Å². The van der Waals surface area contributed by atoms with Crippen molar-refractivity contribution in [2.45, 2.75) is 20.8 Å². The molecular weight excluding hydrogens is 164 g/mol. The van der Waals surface area contributed by atoms with E-state index in [0.717, 1.165) is 11.4 Å². The van der Waals surface area contributed by atoms with Gasteiger partial charge in [0, 0.05) is 5.69 Å². The Hall–Kier alpha value is -1.45. The predicted octanol–water partition coefficient (Wildman–Crippen LogP) is 1.04. The fourth-order valence-corrected chi connectivity index (χ4v) is 1.22. The molecule has 0 saturated carbocycles. The third-order valence-corrected chi connectivity index (χ3v) is 1.82. The number of hydrogen-bond acceptors (Lipinski definition) is 3. The van der Waals surface area contributed by atoms with E-state index >= 15 is 0 Å². The molecule has 0 fully saturated rings. The summed E-state index contributed by atoms with van der Waals surface area (Å²) in [6.45, 7) is 6.59. The summed E-state index contributed by atoms with van der Waals surface area (Å²) in [5, 5.41) is 0. The van der Waals surface area contributed by atoms with E-state index < -0.39 is 0 Å². The van der Waals surface area contributed by atoms with Gasteiger partial charge in [0.1, 0.15) is 18.2 Å². The van der Waals surface area contributed by atoms with E-state index in [1.54, 1.807) is 0 Å². The van der Waals surface area contributed by atoms with E-state index in [2.05, 4.69) is 10.4 Å². The lowest BCUT2D eigenvalue weighted by atomic mass is 10.4. The molecule has 0 atom stereocenters. The number of nitrogens with one attached hydrogen (secondary N) is 1. The van der Waals surface area contributed by atoms with Crippen LogP contribution >= 0.6 is 0 Å². The molecule has 4 heteroatoms. The summed E-state index contributed by atoms with van der Waals surface area (Å²) in [6.07, 6.45) is 0. The Morgan fingerprint density at radius 1 is 1.46 bits per heavy atom. The van der Waals surface area contributed by atoms with E-state index in [4.69, 9.17) is 5.73 Å². The van der Waals surface area contributed by atoms with Gasteiger partial charge in [-0.15, -0.1) is 0 Å². The van der Waals surface area contributed by atoms with Crippen LogP contribution in [0.2, 0.25) is 0 Å². The van der Waals surface area contributed by atoms with Crippen molar-refractivity contribution >= 4 is 5.84 Å². The second-order valence-electron chi connectivity index (χ2n) is 2.55. The Bertz CT molecular complexity index is 311. The second kappa shape index (κ2) is 3.98. The van der Waals surface area contributed by atoms with Crippen LogP contribution < -0.4 is 11.2 Å². The summed E-state index contributed by atoms with van der Waals surface area (Å²) >= 11 is 0. The zero-order valence-electron chi connectivity index (χ0n) is 8.33. The third-order valence-electron chi connectivity index (χ3n) is 1.82. The van der Waals surface area contributed by atoms with Crippen molar-refractivity contribution in [2.75, 3.05) is 12.1 Å². The Morgan fingerprint density at radius 3 is 2.77 bits per heavy atom. The first-order valence-electron chi connectivity index (χ1n) is 4.51. The molecule has 4 nitrogen and oxygen atoms in total. The molecule has 2 rings (SSSR count). The van der Waals surface area contributed by atoms with Gasteiger partial charge in [-0.1, -0.05) is 13.8 Å². The number of fused-ring (bicyclic) bond motifs is 1. The van der Waals surface area contributed by atoms with Gasteiger partial charge < -0.3 is 11.2 Å². The van der Waals surface area contributed by atoms with Crippen LogP contribution in [0.5, 0.6) is 0 Å². The third kappa shape index (κ3) is 1.66. The highest BCUT2D eigenvalue weighted by Crippen LogP contribution is 2.07. The van der Waals surface area contributed by atoms with E-state index in [9.17, 15) is 0 Å². The molecule has 0 aliphatic carbocycles. The number of nitrogens with zero attached hydrogens (tertiary/aromatic N) is 2. The van der Waals surface area contributed by atoms with E-state index in [1.807, 2.05) is 37.6 Å². The second-order valence-corrected chi connectivity index (χ2v) is 2.55. The minimum Gasteiger partial charge on any atom is -0.382 e. The number of nitrogens with two attached hydrogens (primary N) is 1. The number of rotatable bonds is 0. The van der Waals surface area contributed by atoms with Crippen LogP contribution in [0.1, 0.15) is 25.2 Å². The summed E-state index contributed by atoms with van der Waals surface area (Å²) in [5.41, 5.74) is 10.8. The first-order valence-corrected chi connectivity index (χ1v) is 4.51. The molecule has 0 amide bonds. The first-order chi connectivity index (χ1) is 6.29. The molecule has 0 saturated heterocycles. The lowest BCUT2D eigenvalue weighted by Gasteiger charge is -2.16. The summed E-state index contributed by atoms with van der Waals surface area (Å²) in [5.74, 6) is 0.608. The van der Waals surface area contributed by atoms with Gasteiger partial charge in [-0.05, 0) is 19.1 Å². The number of amidine groups is 1. The van der Waals surface area contributed by atoms with Crippen molar-refractivity contribution in [2.24, 2.45) is 10.7 Å². The highest BCUT2D eigenvalue weighted by atomic mass is 15.5. The maximum absolute atomic E-state index is 5.65. The minimum atomic E-state index is 0.564. The molecular formula is C9H16N4. The summed E-state index contributed by atoms with van der Waals surface area (Å²) in [4.78, 5) is 4.05. The van der Waals surface area contributed by atoms with Crippen LogP contribution in [0.25, 0.3) is 0 Å². The van der Waals surface area contributed by atoms with Gasteiger partial charge >= 0.3 is 0 Å². The predicted molar refractivity (Wildman–Crippen MR) is 55.5 cm³/mol. The largest absolute Gasteiger partial charge is 0.382 e. The Morgan fingerprint density at radius 2 is 2.15 bits per heavy atom. The zero-order chi connectivity index (χ0) is 9.84. The maximum atomic E-state index is 5.65. The minimum absolute atomic E-state index is 0.564. The van der Waals surface area contributed by atoms with Crippen LogP contribution in [0.3, 0.4) is 0 Å². The topological polar surface area (TPSA) is 55.3 Å². The van der Waals surface area contributed by atoms with Gasteiger partial charge in [0.2, 0.25) is 0 Å². The van der Waals surface area contributed by atoms with Crippen LogP contribution in [0.4, 0.5) is 0 Å². The number of aryl methyl sites for hydroxylation is 1. The molecule has 1 aliphatic heterocycles. The van der Waals surface area contributed by atoms with Crippen LogP contribution in [0.15, 0.2) is 17.1 Å². The Kier molecular flexibility index (Phi) is 2.95. The van der Waals surface area contributed by atoms with Crippen molar-refractivity contribution in [3.8, 4) is 0 Å². The number of aliphatic imine (C=N–C) groups is 1. The smallest absolute Gasteiger partial charge is 0.146 e. The lowest BCUT2D eigenvalue weighted by molar-refractivity contribution is 0.795. The summed E-state index contributed by atoms with van der Waals surface area (Å²) < 4.78 is 1.95. The average Bonchev–Trinajstić information content (AvgIpc) is 2.53. The van der Waals surface area contributed by atoms with Crippen LogP contribution in [0, 0.1) is 6.92 Å². The molecule has 0 unspecified atom stereocenters. The molecule has 3 N–H and O–H groups in total. The highest BCUT2D eigenvalue weighted by molar-refractivity contribution is 5.96. The Labute approximate surface area is 78.4 Å². The van der Waals surface area contributed by atoms with Crippen molar-refractivity contribution in [1.82, 2.24) is 4.68 Å². The maximum Gasteiger partial charge on any atom is 0.146 e. The molecule has 72 valence electrons. The molecule has 2 heterocycles. The van der Waals surface area contributed by atoms with Gasteiger partial charge in [-0.25, -0.2) is 4.99 Å². The van der Waals surface area contributed by atoms with Crippen molar-refractivity contribution in [1.29, 1.82) is 0 Å². The van der Waals surface area contributed by atoms with Crippen LogP contribution in [-0.2, 0) is 0 Å². The first kappa shape index (κ1) is 9.64. The quantitative estimate of drug-likeness (QED) is 0.627. The van der Waals surface area contributed by atoms with E-state index in [0.29, 0.717) is 12.5 Å². The average molecular weight is 180 g/mol. The SMILES string of the molecule is CC.Cc1ccc2n1NCN=C2N. The summed E-state index contributed by atoms with van der Waals surface area (Å²) in [7, 11) is 0. The lowest BCUT2D eigenvalue weighted by Crippen LogP contribution is -2.31. The number of aromatic nitrogens is 1. The molecule has 1 aliphatic rings. The highest BCUT2D eigenvalue weighted by Gasteiger charge is 2.10. The van der Waals surface area contributed by atoms with E-state index in [1.165, 1.54) is 0 Å². The standard InChI is InChI=1S/C7H10N4.C2H6/c1-5-2-3-6-7(8)9-4-10-11(5)6;1-2/h2-3,10H,4H2,1H3,(H2,8,9);1-2H3. The molecule has 0 spiro atoms. The van der Waals surface area contributed by atoms with Gasteiger partial charge in [0.05, 0.1) is 0 Å². The van der Waals surface area contributed by atoms with Gasteiger partial charge in [-0.3, -0.25) is 4.68 Å². The fourth-order valence-electron chi connectivity index (χ4n) is 1.22. The normalized spacial score (nSPS) is 13.3. The van der Waals surface area contributed by atoms with Crippen molar-refractivity contribution < 1.29 is 0 Å². The summed E-state index contributed by atoms with van der Waals surface area (Å²) in [6, 6.07) is 3.97. The fraction of sp³-hybridized carbons (Fsp3) is 0.444. The van der Waals surface area contributed by atoms with Crippen LogP contribution in [-0.4, -0.2) is 17.2 Å². The van der Waals surface area contributed by atoms with Gasteiger partial charge in [0.15, 0.2) is 0 Å². The molecule has 13 heavy (non-hydrogen) atoms.